The van der Waals surface area contributed by atoms with Gasteiger partial charge >= 0.3 is 0 Å². The molecule has 0 fully saturated rings. The lowest BCUT2D eigenvalue weighted by molar-refractivity contribution is 0.146. The van der Waals surface area contributed by atoms with Gasteiger partial charge in [-0.1, -0.05) is 35.4 Å². The summed E-state index contributed by atoms with van der Waals surface area (Å²) in [4.78, 5) is 4.05. The first-order valence-electron chi connectivity index (χ1n) is 4.24. The van der Waals surface area contributed by atoms with Crippen LogP contribution in [0.1, 0.15) is 12.6 Å². The number of nitrogens with zero attached hydrogens (tertiary/aromatic N) is 1. The fourth-order valence-corrected chi connectivity index (χ4v) is 1.20. The van der Waals surface area contributed by atoms with E-state index in [0.717, 1.165) is 0 Å². The van der Waals surface area contributed by atoms with Crippen molar-refractivity contribution in [1.29, 1.82) is 0 Å². The highest BCUT2D eigenvalue weighted by Crippen LogP contribution is 2.17. The zero-order valence-corrected chi connectivity index (χ0v) is 9.35. The minimum atomic E-state index is 0.379. The van der Waals surface area contributed by atoms with Gasteiger partial charge in [-0.15, -0.1) is 0 Å². The van der Waals surface area contributed by atoms with Gasteiger partial charge in [0.15, 0.2) is 0 Å². The van der Waals surface area contributed by atoms with E-state index in [0.29, 0.717) is 29.1 Å². The van der Waals surface area contributed by atoms with Crippen LogP contribution in [0.15, 0.2) is 24.3 Å². The number of ether oxygens (including phenoxy) is 1. The van der Waals surface area contributed by atoms with Crippen molar-refractivity contribution in [2.45, 2.75) is 13.5 Å². The van der Waals surface area contributed by atoms with Crippen LogP contribution in [0, 0.1) is 0 Å². The van der Waals surface area contributed by atoms with Crippen LogP contribution in [-0.2, 0) is 11.3 Å². The molecule has 0 radical (unpaired) electrons. The highest BCUT2D eigenvalue weighted by atomic mass is 35.5. The van der Waals surface area contributed by atoms with Gasteiger partial charge in [0.25, 0.3) is 0 Å². The van der Waals surface area contributed by atoms with Crippen LogP contribution in [-0.4, -0.2) is 11.6 Å². The smallest absolute Gasteiger partial charge is 0.129 e. The molecule has 0 saturated heterocycles. The van der Waals surface area contributed by atoms with E-state index in [9.17, 15) is 0 Å². The molecule has 0 amide bonds. The van der Waals surface area contributed by atoms with Crippen molar-refractivity contribution in [3.8, 4) is 0 Å². The number of hydrogen-bond donors (Lipinski definition) is 0. The van der Waals surface area contributed by atoms with Crippen LogP contribution >= 0.6 is 23.2 Å². The van der Waals surface area contributed by atoms with Crippen LogP contribution in [0.3, 0.4) is 0 Å². The van der Waals surface area contributed by atoms with Gasteiger partial charge in [-0.3, -0.25) is 0 Å². The Labute approximate surface area is 93.5 Å². The molecule has 76 valence electrons. The maximum atomic E-state index is 5.89. The Kier molecular flexibility index (Phi) is 4.94. The topological polar surface area (TPSA) is 22.1 Å². The largest absolute Gasteiger partial charge is 0.371 e. The second kappa shape index (κ2) is 6.02. The summed E-state index contributed by atoms with van der Waals surface area (Å²) >= 11 is 11.6. The Hall–Kier alpha value is -0.570. The summed E-state index contributed by atoms with van der Waals surface area (Å²) in [5.41, 5.74) is 0.670. The van der Waals surface area contributed by atoms with Gasteiger partial charge in [0, 0.05) is 0 Å². The third-order valence-electron chi connectivity index (χ3n) is 1.57. The quantitative estimate of drug-likeness (QED) is 0.450. The molecule has 0 aliphatic carbocycles. The average Bonchev–Trinajstić information content (AvgIpc) is 2.18. The molecule has 2 nitrogen and oxygen atoms in total. The Morgan fingerprint density at radius 3 is 2.93 bits per heavy atom. The molecule has 1 rings (SSSR count). The number of allylic oxidation sites excluding steroid dienone is 1. The van der Waals surface area contributed by atoms with Crippen molar-refractivity contribution in [1.82, 2.24) is 4.98 Å². The Morgan fingerprint density at radius 2 is 2.21 bits per heavy atom. The predicted molar refractivity (Wildman–Crippen MR) is 58.7 cm³/mol. The molecule has 0 aliphatic rings. The highest BCUT2D eigenvalue weighted by molar-refractivity contribution is 6.32. The number of halogens is 2. The van der Waals surface area contributed by atoms with Crippen LogP contribution < -0.4 is 0 Å². The fraction of sp³-hybridized carbons (Fsp3) is 0.300. The first-order chi connectivity index (χ1) is 6.74. The number of hydrogen-bond acceptors (Lipinski definition) is 2. The third-order valence-corrected chi connectivity index (χ3v) is 2.13. The summed E-state index contributed by atoms with van der Waals surface area (Å²) in [6, 6.07) is 3.37. The molecule has 4 heteroatoms. The van der Waals surface area contributed by atoms with E-state index in [4.69, 9.17) is 27.9 Å². The molecule has 0 aliphatic heterocycles. The van der Waals surface area contributed by atoms with E-state index in [1.54, 1.807) is 12.1 Å². The van der Waals surface area contributed by atoms with Crippen LogP contribution in [0.2, 0.25) is 10.2 Å². The molecule has 1 aromatic rings. The van der Waals surface area contributed by atoms with E-state index in [2.05, 4.69) is 4.98 Å². The van der Waals surface area contributed by atoms with E-state index in [-0.39, 0.29) is 0 Å². The van der Waals surface area contributed by atoms with E-state index in [1.807, 2.05) is 19.1 Å². The normalized spacial score (nSPS) is 11.1. The monoisotopic (exact) mass is 231 g/mol. The summed E-state index contributed by atoms with van der Waals surface area (Å²) in [5, 5.41) is 1.01. The van der Waals surface area contributed by atoms with Gasteiger partial charge in [0.1, 0.15) is 5.15 Å². The number of aromatic nitrogens is 1. The minimum absolute atomic E-state index is 0.379. The summed E-state index contributed by atoms with van der Waals surface area (Å²) < 4.78 is 5.30. The Bertz CT molecular complexity index is 326. The zero-order valence-electron chi connectivity index (χ0n) is 7.84. The lowest BCUT2D eigenvalue weighted by atomic mass is 10.4. The van der Waals surface area contributed by atoms with Gasteiger partial charge in [0.2, 0.25) is 0 Å². The molecule has 1 aromatic heterocycles. The fourth-order valence-electron chi connectivity index (χ4n) is 0.879. The van der Waals surface area contributed by atoms with Crippen molar-refractivity contribution in [2.24, 2.45) is 0 Å². The zero-order chi connectivity index (χ0) is 10.4. The number of pyridine rings is 1. The third kappa shape index (κ3) is 3.66. The molecular weight excluding hydrogens is 221 g/mol. The molecule has 0 bridgehead atoms. The molecule has 0 N–H and O–H groups in total. The van der Waals surface area contributed by atoms with Crippen LogP contribution in [0.4, 0.5) is 0 Å². The summed E-state index contributed by atoms with van der Waals surface area (Å²) in [5.74, 6) is 0. The second-order valence-corrected chi connectivity index (χ2v) is 3.44. The van der Waals surface area contributed by atoms with Crippen LogP contribution in [0.25, 0.3) is 0 Å². The number of rotatable bonds is 4. The van der Waals surface area contributed by atoms with E-state index >= 15 is 0 Å². The average molecular weight is 232 g/mol. The van der Waals surface area contributed by atoms with Crippen LogP contribution in [0.5, 0.6) is 0 Å². The van der Waals surface area contributed by atoms with Crippen molar-refractivity contribution in [3.63, 3.8) is 0 Å². The van der Waals surface area contributed by atoms with Crippen molar-refractivity contribution >= 4 is 23.2 Å². The van der Waals surface area contributed by atoms with Gasteiger partial charge < -0.3 is 4.74 Å². The van der Waals surface area contributed by atoms with Gasteiger partial charge in [-0.25, -0.2) is 4.98 Å². The molecule has 14 heavy (non-hydrogen) atoms. The first kappa shape index (κ1) is 11.5. The lowest BCUT2D eigenvalue weighted by Gasteiger charge is -2.03. The Balaban J connectivity index is 2.53. The second-order valence-electron chi connectivity index (χ2n) is 2.65. The summed E-state index contributed by atoms with van der Waals surface area (Å²) in [6.07, 6.45) is 3.84. The predicted octanol–water partition coefficient (Wildman–Crippen LogP) is 3.48. The summed E-state index contributed by atoms with van der Waals surface area (Å²) in [6.45, 7) is 2.87. The van der Waals surface area contributed by atoms with Gasteiger partial charge in [-0.05, 0) is 19.1 Å². The maximum absolute atomic E-state index is 5.89. The van der Waals surface area contributed by atoms with E-state index in [1.165, 1.54) is 0 Å². The molecule has 0 unspecified atom stereocenters. The van der Waals surface area contributed by atoms with Crippen molar-refractivity contribution in [2.75, 3.05) is 6.61 Å². The van der Waals surface area contributed by atoms with Gasteiger partial charge in [0.05, 0.1) is 23.9 Å². The standard InChI is InChI=1S/C10H11Cl2NO/c1-2-3-6-14-7-9-8(11)4-5-10(12)13-9/h2-5H,6-7H2,1H3. The molecule has 0 aromatic carbocycles. The molecule has 0 spiro atoms. The maximum Gasteiger partial charge on any atom is 0.129 e. The summed E-state index contributed by atoms with van der Waals surface area (Å²) in [7, 11) is 0. The first-order valence-corrected chi connectivity index (χ1v) is 4.99. The van der Waals surface area contributed by atoms with E-state index < -0.39 is 0 Å². The lowest BCUT2D eigenvalue weighted by Crippen LogP contribution is -1.97. The van der Waals surface area contributed by atoms with Crippen molar-refractivity contribution < 1.29 is 4.74 Å². The molecular formula is C10H11Cl2NO. The van der Waals surface area contributed by atoms with Gasteiger partial charge in [-0.2, -0.15) is 0 Å². The minimum Gasteiger partial charge on any atom is -0.371 e. The van der Waals surface area contributed by atoms with Crippen molar-refractivity contribution in [3.05, 3.63) is 40.2 Å². The Morgan fingerprint density at radius 1 is 1.43 bits per heavy atom. The molecule has 0 atom stereocenters. The molecule has 1 heterocycles. The molecule has 0 saturated carbocycles. The SMILES string of the molecule is CC=CCOCc1nc(Cl)ccc1Cl. The highest BCUT2D eigenvalue weighted by Gasteiger charge is 2.02.